The predicted molar refractivity (Wildman–Crippen MR) is 189 cm³/mol. The van der Waals surface area contributed by atoms with Gasteiger partial charge in [0.15, 0.2) is 14.3 Å². The van der Waals surface area contributed by atoms with Gasteiger partial charge in [0.25, 0.3) is 0 Å². The molecule has 6 aromatic carbocycles. The molecule has 8 rings (SSSR count). The third-order valence-corrected chi connectivity index (χ3v) is 14.8. The van der Waals surface area contributed by atoms with Crippen molar-refractivity contribution in [3.8, 4) is 0 Å². The van der Waals surface area contributed by atoms with Gasteiger partial charge in [-0.15, -0.1) is 0 Å². The molecule has 0 saturated heterocycles. The topological polar surface area (TPSA) is 51.4 Å². The van der Waals surface area contributed by atoms with E-state index in [1.165, 1.54) is 0 Å². The standard InChI is InChI=1S/C39H28N2O2P2/c42-44(29-17-5-1-6-18-29,30-19-7-2-8-20-30)38-37-35-27-14-13-25-33(35)34-26-15-16-28-36(34)41(37)40-39(38)45(43,31-21-9-3-10-22-31)32-23-11-4-12-24-32/h1-28H. The molecule has 0 N–H and O–H groups in total. The van der Waals surface area contributed by atoms with E-state index in [-0.39, 0.29) is 0 Å². The first-order valence-corrected chi connectivity index (χ1v) is 18.3. The van der Waals surface area contributed by atoms with Crippen LogP contribution in [-0.2, 0) is 9.13 Å². The molecule has 6 heteroatoms. The molecule has 8 aromatic rings. The van der Waals surface area contributed by atoms with Crippen molar-refractivity contribution in [2.75, 3.05) is 0 Å². The number of nitrogens with zero attached hydrogens (tertiary/aromatic N) is 2. The SMILES string of the molecule is O=P(c1ccccc1)(c1ccccc1)c1nn2c3ccccc3c3ccccc3c2c1P(=O)(c1ccccc1)c1ccccc1. The molecule has 0 spiro atoms. The van der Waals surface area contributed by atoms with Gasteiger partial charge in [-0.25, -0.2) is 4.52 Å². The van der Waals surface area contributed by atoms with E-state index >= 15 is 9.13 Å². The number of aromatic nitrogens is 2. The lowest BCUT2D eigenvalue weighted by Crippen LogP contribution is -2.38. The van der Waals surface area contributed by atoms with Gasteiger partial charge in [-0.05, 0) is 11.5 Å². The van der Waals surface area contributed by atoms with Crippen molar-refractivity contribution in [2.45, 2.75) is 0 Å². The Labute approximate surface area is 261 Å². The normalized spacial score (nSPS) is 12.2. The van der Waals surface area contributed by atoms with Crippen LogP contribution in [-0.4, -0.2) is 9.61 Å². The summed E-state index contributed by atoms with van der Waals surface area (Å²) in [6.07, 6.45) is 0. The van der Waals surface area contributed by atoms with Crippen molar-refractivity contribution >= 4 is 73.4 Å². The number of rotatable bonds is 6. The summed E-state index contributed by atoms with van der Waals surface area (Å²) in [5.41, 5.74) is 1.92. The van der Waals surface area contributed by atoms with Crippen LogP contribution in [0.15, 0.2) is 170 Å². The van der Waals surface area contributed by atoms with E-state index < -0.39 is 14.3 Å². The van der Waals surface area contributed by atoms with E-state index in [1.54, 1.807) is 0 Å². The second-order valence-electron chi connectivity index (χ2n) is 11.1. The minimum Gasteiger partial charge on any atom is -0.308 e. The van der Waals surface area contributed by atoms with Gasteiger partial charge in [-0.1, -0.05) is 164 Å². The smallest absolute Gasteiger partial charge is 0.191 e. The molecule has 2 heterocycles. The van der Waals surface area contributed by atoms with Crippen LogP contribution in [0.25, 0.3) is 27.2 Å². The third kappa shape index (κ3) is 4.18. The summed E-state index contributed by atoms with van der Waals surface area (Å²) < 4.78 is 34.5. The number of hydrogen-bond acceptors (Lipinski definition) is 3. The molecule has 0 radical (unpaired) electrons. The number of pyridine rings is 1. The Morgan fingerprint density at radius 3 is 1.27 bits per heavy atom. The molecule has 0 amide bonds. The molecule has 216 valence electrons. The van der Waals surface area contributed by atoms with E-state index in [0.717, 1.165) is 21.7 Å². The fourth-order valence-corrected chi connectivity index (χ4v) is 12.8. The van der Waals surface area contributed by atoms with E-state index in [2.05, 4.69) is 18.2 Å². The Balaban J connectivity index is 1.67. The Kier molecular flexibility index (Phi) is 6.64. The summed E-state index contributed by atoms with van der Waals surface area (Å²) in [6, 6.07) is 54.5. The first-order valence-electron chi connectivity index (χ1n) is 14.9. The third-order valence-electron chi connectivity index (χ3n) is 8.54. The Morgan fingerprint density at radius 2 is 0.778 bits per heavy atom. The van der Waals surface area contributed by atoms with Crippen LogP contribution in [0.2, 0.25) is 0 Å². The van der Waals surface area contributed by atoms with Gasteiger partial charge in [-0.3, -0.25) is 0 Å². The highest BCUT2D eigenvalue weighted by Crippen LogP contribution is 2.50. The quantitative estimate of drug-likeness (QED) is 0.150. The van der Waals surface area contributed by atoms with Crippen molar-refractivity contribution in [3.63, 3.8) is 0 Å². The van der Waals surface area contributed by atoms with Crippen LogP contribution in [0.1, 0.15) is 0 Å². The van der Waals surface area contributed by atoms with Gasteiger partial charge in [-0.2, -0.15) is 5.10 Å². The highest BCUT2D eigenvalue weighted by Gasteiger charge is 2.44. The maximum Gasteiger partial charge on any atom is 0.191 e. The number of benzene rings is 6. The first kappa shape index (κ1) is 27.5. The Bertz CT molecular complexity index is 2340. The predicted octanol–water partition coefficient (Wildman–Crippen LogP) is 6.92. The average Bonchev–Trinajstić information content (AvgIpc) is 3.55. The van der Waals surface area contributed by atoms with Crippen LogP contribution in [0.5, 0.6) is 0 Å². The number of fused-ring (bicyclic) bond motifs is 6. The second-order valence-corrected chi connectivity index (χ2v) is 16.4. The molecule has 0 aliphatic rings. The van der Waals surface area contributed by atoms with Crippen LogP contribution in [0, 0.1) is 0 Å². The number of hydrogen-bond donors (Lipinski definition) is 0. The Morgan fingerprint density at radius 1 is 0.400 bits per heavy atom. The molecule has 2 aromatic heterocycles. The molecule has 0 atom stereocenters. The van der Waals surface area contributed by atoms with Gasteiger partial charge in [0.2, 0.25) is 0 Å². The highest BCUT2D eigenvalue weighted by molar-refractivity contribution is 7.91. The molecule has 0 bridgehead atoms. The zero-order valence-electron chi connectivity index (χ0n) is 24.3. The van der Waals surface area contributed by atoms with Crippen molar-refractivity contribution in [3.05, 3.63) is 170 Å². The monoisotopic (exact) mass is 618 g/mol. The maximum absolute atomic E-state index is 16.4. The first-order chi connectivity index (χ1) is 22.1. The van der Waals surface area contributed by atoms with Crippen molar-refractivity contribution < 1.29 is 9.13 Å². The van der Waals surface area contributed by atoms with Gasteiger partial charge in [0, 0.05) is 32.0 Å². The van der Waals surface area contributed by atoms with E-state index in [0.29, 0.717) is 37.5 Å². The summed E-state index contributed by atoms with van der Waals surface area (Å²) in [7, 11) is -7.37. The summed E-state index contributed by atoms with van der Waals surface area (Å²) in [5.74, 6) is 0. The van der Waals surface area contributed by atoms with Crippen LogP contribution < -0.4 is 32.0 Å². The fraction of sp³-hybridized carbons (Fsp3) is 0. The van der Waals surface area contributed by atoms with Crippen molar-refractivity contribution in [1.29, 1.82) is 0 Å². The molecule has 0 saturated carbocycles. The number of para-hydroxylation sites is 1. The highest BCUT2D eigenvalue weighted by atomic mass is 31.2. The van der Waals surface area contributed by atoms with Crippen molar-refractivity contribution in [1.82, 2.24) is 9.61 Å². The van der Waals surface area contributed by atoms with Crippen molar-refractivity contribution in [2.24, 2.45) is 0 Å². The molecule has 0 fully saturated rings. The zero-order chi connectivity index (χ0) is 30.4. The lowest BCUT2D eigenvalue weighted by Gasteiger charge is -2.24. The average molecular weight is 619 g/mol. The van der Waals surface area contributed by atoms with Gasteiger partial charge in [0.05, 0.1) is 16.3 Å². The molecular weight excluding hydrogens is 590 g/mol. The minimum atomic E-state index is -3.69. The zero-order valence-corrected chi connectivity index (χ0v) is 26.1. The van der Waals surface area contributed by atoms with Gasteiger partial charge in [0.1, 0.15) is 5.44 Å². The lowest BCUT2D eigenvalue weighted by molar-refractivity contribution is 0.590. The lowest BCUT2D eigenvalue weighted by atomic mass is 10.1. The van der Waals surface area contributed by atoms with E-state index in [1.807, 2.05) is 156 Å². The van der Waals surface area contributed by atoms with Crippen LogP contribution in [0.3, 0.4) is 0 Å². The van der Waals surface area contributed by atoms with Gasteiger partial charge >= 0.3 is 0 Å². The Hall–Kier alpha value is -5.01. The minimum absolute atomic E-state index is 0.345. The molecule has 4 nitrogen and oxygen atoms in total. The van der Waals surface area contributed by atoms with Gasteiger partial charge < -0.3 is 9.13 Å². The summed E-state index contributed by atoms with van der Waals surface area (Å²) in [5, 5.41) is 11.4. The second kappa shape index (κ2) is 10.9. The van der Waals surface area contributed by atoms with E-state index in [4.69, 9.17) is 5.10 Å². The van der Waals surface area contributed by atoms with E-state index in [9.17, 15) is 0 Å². The molecule has 0 aliphatic carbocycles. The maximum atomic E-state index is 16.4. The molecule has 0 unspecified atom stereocenters. The van der Waals surface area contributed by atoms with Crippen LogP contribution >= 0.6 is 14.3 Å². The fourth-order valence-electron chi connectivity index (χ4n) is 6.48. The molecule has 0 aliphatic heterocycles. The molecule has 45 heavy (non-hydrogen) atoms. The van der Waals surface area contributed by atoms with Crippen LogP contribution in [0.4, 0.5) is 0 Å². The molecular formula is C39H28N2O2P2. The summed E-state index contributed by atoms with van der Waals surface area (Å²) in [4.78, 5) is 0. The summed E-state index contributed by atoms with van der Waals surface area (Å²) >= 11 is 0. The summed E-state index contributed by atoms with van der Waals surface area (Å²) in [6.45, 7) is 0. The largest absolute Gasteiger partial charge is 0.308 e.